The van der Waals surface area contributed by atoms with E-state index in [9.17, 15) is 0 Å². The molecule has 4 nitrogen and oxygen atoms in total. The zero-order valence-corrected chi connectivity index (χ0v) is 13.9. The zero-order chi connectivity index (χ0) is 14.7. The fourth-order valence-corrected chi connectivity index (χ4v) is 3.08. The van der Waals surface area contributed by atoms with Crippen LogP contribution in [0.1, 0.15) is 28.9 Å². The van der Waals surface area contributed by atoms with E-state index in [1.807, 2.05) is 12.4 Å². The summed E-state index contributed by atoms with van der Waals surface area (Å²) < 4.78 is 2.11. The summed E-state index contributed by atoms with van der Waals surface area (Å²) in [6, 6.07) is 2.61. The van der Waals surface area contributed by atoms with Crippen LogP contribution in [-0.4, -0.2) is 39.3 Å². The molecule has 5 heteroatoms. The normalized spacial score (nSPS) is 13.1. The fourth-order valence-electron chi connectivity index (χ4n) is 2.31. The average Bonchev–Trinajstić information content (AvgIpc) is 2.93. The molecule has 1 unspecified atom stereocenters. The molecule has 0 aliphatic carbocycles. The quantitative estimate of drug-likeness (QED) is 0.821. The van der Waals surface area contributed by atoms with Crippen LogP contribution in [0, 0.1) is 20.8 Å². The highest BCUT2D eigenvalue weighted by Crippen LogP contribution is 2.14. The van der Waals surface area contributed by atoms with E-state index in [2.05, 4.69) is 53.5 Å². The van der Waals surface area contributed by atoms with Crippen molar-refractivity contribution < 1.29 is 0 Å². The third-order valence-corrected chi connectivity index (χ3v) is 4.82. The van der Waals surface area contributed by atoms with Crippen LogP contribution in [0.4, 0.5) is 0 Å². The van der Waals surface area contributed by atoms with E-state index >= 15 is 0 Å². The Labute approximate surface area is 125 Å². The fraction of sp³-hybridized carbons (Fsp3) is 0.600. The lowest BCUT2D eigenvalue weighted by atomic mass is 10.2. The molecule has 0 amide bonds. The minimum Gasteiger partial charge on any atom is -0.301 e. The molecule has 0 aliphatic heterocycles. The van der Waals surface area contributed by atoms with Crippen molar-refractivity contribution in [3.63, 3.8) is 0 Å². The molecule has 20 heavy (non-hydrogen) atoms. The third kappa shape index (κ3) is 3.67. The first-order valence-electron chi connectivity index (χ1n) is 7.07. The molecular weight excluding hydrogens is 268 g/mol. The molecule has 0 saturated carbocycles. The molecule has 2 heterocycles. The maximum atomic E-state index is 4.54. The summed E-state index contributed by atoms with van der Waals surface area (Å²) in [6.07, 6.45) is 1.08. The topological polar surface area (TPSA) is 34.0 Å². The lowest BCUT2D eigenvalue weighted by molar-refractivity contribution is 0.231. The molecule has 110 valence electrons. The Morgan fingerprint density at radius 1 is 1.35 bits per heavy atom. The van der Waals surface area contributed by atoms with Crippen LogP contribution in [-0.2, 0) is 13.0 Å². The first kappa shape index (κ1) is 15.2. The molecule has 2 rings (SSSR count). The summed E-state index contributed by atoms with van der Waals surface area (Å²) in [5, 5.41) is 4.54. The molecule has 2 aromatic rings. The van der Waals surface area contributed by atoms with Gasteiger partial charge in [0.1, 0.15) is 0 Å². The van der Waals surface area contributed by atoms with Gasteiger partial charge in [0.05, 0.1) is 23.4 Å². The van der Waals surface area contributed by atoms with Gasteiger partial charge in [0, 0.05) is 23.2 Å². The Hall–Kier alpha value is -1.20. The second-order valence-corrected chi connectivity index (χ2v) is 6.49. The molecule has 0 N–H and O–H groups in total. The standard InChI is InChI=1S/C15H24N4S/c1-11-8-12(2)19(17-11)9-13(3)18(5)7-6-15-14(4)16-10-20-15/h8,10,13H,6-7,9H2,1-5H3. The van der Waals surface area contributed by atoms with Crippen molar-refractivity contribution in [1.82, 2.24) is 19.7 Å². The number of aromatic nitrogens is 3. The number of hydrogen-bond donors (Lipinski definition) is 0. The predicted octanol–water partition coefficient (Wildman–Crippen LogP) is 2.83. The summed E-state index contributed by atoms with van der Waals surface area (Å²) >= 11 is 1.76. The average molecular weight is 292 g/mol. The highest BCUT2D eigenvalue weighted by molar-refractivity contribution is 7.09. The zero-order valence-electron chi connectivity index (χ0n) is 13.1. The maximum Gasteiger partial charge on any atom is 0.0797 e. The van der Waals surface area contributed by atoms with E-state index in [0.29, 0.717) is 6.04 Å². The molecule has 2 aromatic heterocycles. The molecular formula is C15H24N4S. The molecule has 0 saturated heterocycles. The van der Waals surface area contributed by atoms with Gasteiger partial charge in [0.25, 0.3) is 0 Å². The Bertz CT molecular complexity index is 558. The van der Waals surface area contributed by atoms with E-state index in [0.717, 1.165) is 25.2 Å². The van der Waals surface area contributed by atoms with Crippen molar-refractivity contribution >= 4 is 11.3 Å². The molecule has 0 aromatic carbocycles. The van der Waals surface area contributed by atoms with Crippen molar-refractivity contribution in [3.05, 3.63) is 33.5 Å². The van der Waals surface area contributed by atoms with Crippen LogP contribution < -0.4 is 0 Å². The largest absolute Gasteiger partial charge is 0.301 e. The maximum absolute atomic E-state index is 4.54. The molecule has 0 spiro atoms. The number of nitrogens with zero attached hydrogens (tertiary/aromatic N) is 4. The lowest BCUT2D eigenvalue weighted by Crippen LogP contribution is -2.34. The van der Waals surface area contributed by atoms with E-state index < -0.39 is 0 Å². The van der Waals surface area contributed by atoms with E-state index in [-0.39, 0.29) is 0 Å². The molecule has 0 radical (unpaired) electrons. The third-order valence-electron chi connectivity index (χ3n) is 3.83. The van der Waals surface area contributed by atoms with Gasteiger partial charge in [-0.05, 0) is 47.2 Å². The second kappa shape index (κ2) is 6.50. The van der Waals surface area contributed by atoms with Crippen LogP contribution in [0.25, 0.3) is 0 Å². The molecule has 0 fully saturated rings. The molecule has 0 bridgehead atoms. The van der Waals surface area contributed by atoms with Gasteiger partial charge in [0.2, 0.25) is 0 Å². The van der Waals surface area contributed by atoms with Gasteiger partial charge in [-0.3, -0.25) is 4.68 Å². The number of thiazole rings is 1. The van der Waals surface area contributed by atoms with Gasteiger partial charge in [0.15, 0.2) is 0 Å². The monoisotopic (exact) mass is 292 g/mol. The van der Waals surface area contributed by atoms with Crippen LogP contribution in [0.15, 0.2) is 11.6 Å². The minimum atomic E-state index is 0.473. The van der Waals surface area contributed by atoms with Gasteiger partial charge < -0.3 is 4.90 Å². The van der Waals surface area contributed by atoms with Crippen molar-refractivity contribution in [2.45, 2.75) is 46.7 Å². The number of aryl methyl sites for hydroxylation is 3. The van der Waals surface area contributed by atoms with E-state index in [4.69, 9.17) is 0 Å². The Morgan fingerprint density at radius 2 is 2.10 bits per heavy atom. The SMILES string of the molecule is Cc1cc(C)n(CC(C)N(C)CCc2scnc2C)n1. The van der Waals surface area contributed by atoms with E-state index in [1.54, 1.807) is 11.3 Å². The van der Waals surface area contributed by atoms with Gasteiger partial charge >= 0.3 is 0 Å². The van der Waals surface area contributed by atoms with Crippen LogP contribution in [0.2, 0.25) is 0 Å². The van der Waals surface area contributed by atoms with Crippen molar-refractivity contribution in [2.24, 2.45) is 0 Å². The predicted molar refractivity (Wildman–Crippen MR) is 84.3 cm³/mol. The Balaban J connectivity index is 1.87. The summed E-state index contributed by atoms with van der Waals surface area (Å²) in [4.78, 5) is 8.10. The van der Waals surface area contributed by atoms with Crippen LogP contribution in [0.5, 0.6) is 0 Å². The summed E-state index contributed by atoms with van der Waals surface area (Å²) in [6.45, 7) is 10.5. The minimum absolute atomic E-state index is 0.473. The van der Waals surface area contributed by atoms with E-state index in [1.165, 1.54) is 16.3 Å². The van der Waals surface area contributed by atoms with Gasteiger partial charge in [-0.2, -0.15) is 5.10 Å². The highest BCUT2D eigenvalue weighted by Gasteiger charge is 2.13. The second-order valence-electron chi connectivity index (χ2n) is 5.55. The smallest absolute Gasteiger partial charge is 0.0797 e. The summed E-state index contributed by atoms with van der Waals surface area (Å²) in [5.74, 6) is 0. The van der Waals surface area contributed by atoms with Crippen molar-refractivity contribution in [1.29, 1.82) is 0 Å². The van der Waals surface area contributed by atoms with Gasteiger partial charge in [-0.15, -0.1) is 11.3 Å². The first-order valence-corrected chi connectivity index (χ1v) is 7.95. The molecule has 0 aliphatic rings. The Morgan fingerprint density at radius 3 is 2.65 bits per heavy atom. The number of likely N-dealkylation sites (N-methyl/N-ethyl adjacent to an activating group) is 1. The number of rotatable bonds is 6. The number of hydrogen-bond acceptors (Lipinski definition) is 4. The lowest BCUT2D eigenvalue weighted by Gasteiger charge is -2.25. The van der Waals surface area contributed by atoms with Crippen LogP contribution in [0.3, 0.4) is 0 Å². The van der Waals surface area contributed by atoms with Crippen molar-refractivity contribution in [2.75, 3.05) is 13.6 Å². The van der Waals surface area contributed by atoms with Crippen LogP contribution >= 0.6 is 11.3 Å². The molecule has 1 atom stereocenters. The highest BCUT2D eigenvalue weighted by atomic mass is 32.1. The Kier molecular flexibility index (Phi) is 4.94. The summed E-state index contributed by atoms with van der Waals surface area (Å²) in [7, 11) is 2.19. The van der Waals surface area contributed by atoms with Crippen molar-refractivity contribution in [3.8, 4) is 0 Å². The summed E-state index contributed by atoms with van der Waals surface area (Å²) in [5.41, 5.74) is 5.44. The van der Waals surface area contributed by atoms with Gasteiger partial charge in [-0.25, -0.2) is 4.98 Å². The van der Waals surface area contributed by atoms with Gasteiger partial charge in [-0.1, -0.05) is 0 Å². The first-order chi connectivity index (χ1) is 9.47.